The molecule has 19 heavy (non-hydrogen) atoms. The Hall–Kier alpha value is -1.98. The Balaban J connectivity index is 2.19. The highest BCUT2D eigenvalue weighted by atomic mass is 16.6. The van der Waals surface area contributed by atoms with E-state index in [1.165, 1.54) is 33.1 Å². The Morgan fingerprint density at radius 3 is 2.47 bits per heavy atom. The second-order valence-electron chi connectivity index (χ2n) is 4.64. The zero-order valence-corrected chi connectivity index (χ0v) is 11.1. The Bertz CT molecular complexity index is 472. The average Bonchev–Trinajstić information content (AvgIpc) is 3.21. The number of nitrogens with zero attached hydrogens (tertiary/aromatic N) is 1. The number of rotatable bonds is 7. The van der Waals surface area contributed by atoms with Crippen molar-refractivity contribution >= 4 is 11.4 Å². The number of anilines is 1. The summed E-state index contributed by atoms with van der Waals surface area (Å²) in [6.07, 6.45) is 3.59. The van der Waals surface area contributed by atoms with E-state index in [0.717, 1.165) is 18.9 Å². The molecule has 0 unspecified atom stereocenters. The van der Waals surface area contributed by atoms with Crippen molar-refractivity contribution in [3.63, 3.8) is 0 Å². The van der Waals surface area contributed by atoms with Crippen LogP contribution >= 0.6 is 0 Å². The first-order valence-electron chi connectivity index (χ1n) is 6.30. The normalized spacial score (nSPS) is 14.0. The van der Waals surface area contributed by atoms with Crippen molar-refractivity contribution in [2.45, 2.75) is 19.3 Å². The SMILES string of the molecule is COc1cc(NCCC2CC2)c([N+](=O)[O-])cc1OC. The van der Waals surface area contributed by atoms with E-state index in [-0.39, 0.29) is 5.69 Å². The number of hydrogen-bond acceptors (Lipinski definition) is 5. The van der Waals surface area contributed by atoms with Crippen molar-refractivity contribution in [3.05, 3.63) is 22.2 Å². The molecular formula is C13H18N2O4. The van der Waals surface area contributed by atoms with Gasteiger partial charge >= 0.3 is 0 Å². The highest BCUT2D eigenvalue weighted by Crippen LogP contribution is 2.38. The van der Waals surface area contributed by atoms with Crippen LogP contribution in [0.2, 0.25) is 0 Å². The van der Waals surface area contributed by atoms with E-state index in [0.29, 0.717) is 17.2 Å². The molecular weight excluding hydrogens is 248 g/mol. The summed E-state index contributed by atoms with van der Waals surface area (Å²) in [6, 6.07) is 3.00. The van der Waals surface area contributed by atoms with Gasteiger partial charge in [0.05, 0.1) is 25.2 Å². The first kappa shape index (κ1) is 13.5. The summed E-state index contributed by atoms with van der Waals surface area (Å²) < 4.78 is 10.2. The summed E-state index contributed by atoms with van der Waals surface area (Å²) in [5.74, 6) is 1.63. The van der Waals surface area contributed by atoms with Gasteiger partial charge in [0.15, 0.2) is 11.5 Å². The summed E-state index contributed by atoms with van der Waals surface area (Å²) in [4.78, 5) is 10.7. The van der Waals surface area contributed by atoms with E-state index in [2.05, 4.69) is 5.32 Å². The number of nitro groups is 1. The maximum Gasteiger partial charge on any atom is 0.296 e. The lowest BCUT2D eigenvalue weighted by Gasteiger charge is -2.11. The van der Waals surface area contributed by atoms with E-state index in [4.69, 9.17) is 9.47 Å². The molecule has 1 saturated carbocycles. The van der Waals surface area contributed by atoms with Gasteiger partial charge in [-0.3, -0.25) is 10.1 Å². The molecule has 1 aromatic carbocycles. The van der Waals surface area contributed by atoms with Crippen LogP contribution < -0.4 is 14.8 Å². The van der Waals surface area contributed by atoms with Crippen LogP contribution in [0.5, 0.6) is 11.5 Å². The number of benzene rings is 1. The molecule has 0 bridgehead atoms. The monoisotopic (exact) mass is 266 g/mol. The molecule has 0 heterocycles. The minimum Gasteiger partial charge on any atom is -0.493 e. The van der Waals surface area contributed by atoms with Crippen molar-refractivity contribution in [3.8, 4) is 11.5 Å². The maximum atomic E-state index is 11.1. The van der Waals surface area contributed by atoms with E-state index >= 15 is 0 Å². The lowest BCUT2D eigenvalue weighted by Crippen LogP contribution is -2.06. The Labute approximate surface area is 111 Å². The molecule has 1 aromatic rings. The number of nitro benzene ring substituents is 1. The van der Waals surface area contributed by atoms with Gasteiger partial charge in [0.1, 0.15) is 5.69 Å². The van der Waals surface area contributed by atoms with Crippen molar-refractivity contribution in [2.24, 2.45) is 5.92 Å². The van der Waals surface area contributed by atoms with Crippen LogP contribution in [0.4, 0.5) is 11.4 Å². The number of nitrogens with one attached hydrogen (secondary N) is 1. The lowest BCUT2D eigenvalue weighted by atomic mass is 10.2. The van der Waals surface area contributed by atoms with Crippen LogP contribution in [0.25, 0.3) is 0 Å². The Morgan fingerprint density at radius 1 is 1.32 bits per heavy atom. The molecule has 1 fully saturated rings. The molecule has 0 spiro atoms. The van der Waals surface area contributed by atoms with E-state index < -0.39 is 4.92 Å². The van der Waals surface area contributed by atoms with Gasteiger partial charge in [-0.2, -0.15) is 0 Å². The van der Waals surface area contributed by atoms with Crippen LogP contribution in [-0.2, 0) is 0 Å². The molecule has 0 radical (unpaired) electrons. The maximum absolute atomic E-state index is 11.1. The van der Waals surface area contributed by atoms with Crippen LogP contribution in [0, 0.1) is 16.0 Å². The molecule has 1 N–H and O–H groups in total. The third-order valence-corrected chi connectivity index (χ3v) is 3.26. The fourth-order valence-electron chi connectivity index (χ4n) is 1.98. The van der Waals surface area contributed by atoms with Crippen molar-refractivity contribution in [1.82, 2.24) is 0 Å². The third-order valence-electron chi connectivity index (χ3n) is 3.26. The molecule has 104 valence electrons. The molecule has 6 heteroatoms. The predicted octanol–water partition coefficient (Wildman–Crippen LogP) is 2.82. The molecule has 1 aliphatic rings. The van der Waals surface area contributed by atoms with E-state index in [1.807, 2.05) is 0 Å². The van der Waals surface area contributed by atoms with Crippen LogP contribution in [-0.4, -0.2) is 25.7 Å². The summed E-state index contributed by atoms with van der Waals surface area (Å²) in [5, 5.41) is 14.2. The molecule has 1 aliphatic carbocycles. The second-order valence-corrected chi connectivity index (χ2v) is 4.64. The topological polar surface area (TPSA) is 73.6 Å². The zero-order valence-electron chi connectivity index (χ0n) is 11.1. The van der Waals surface area contributed by atoms with Gasteiger partial charge in [0, 0.05) is 12.6 Å². The van der Waals surface area contributed by atoms with E-state index in [1.54, 1.807) is 6.07 Å². The average molecular weight is 266 g/mol. The number of ether oxygens (including phenoxy) is 2. The summed E-state index contributed by atoms with van der Waals surface area (Å²) >= 11 is 0. The largest absolute Gasteiger partial charge is 0.493 e. The first-order chi connectivity index (χ1) is 9.15. The minimum atomic E-state index is -0.415. The van der Waals surface area contributed by atoms with Crippen molar-refractivity contribution in [1.29, 1.82) is 0 Å². The molecule has 2 rings (SSSR count). The molecule has 0 saturated heterocycles. The second kappa shape index (κ2) is 5.77. The van der Waals surface area contributed by atoms with Gasteiger partial charge in [-0.1, -0.05) is 12.8 Å². The molecule has 0 atom stereocenters. The van der Waals surface area contributed by atoms with Gasteiger partial charge in [-0.15, -0.1) is 0 Å². The number of hydrogen-bond donors (Lipinski definition) is 1. The quantitative estimate of drug-likeness (QED) is 0.606. The minimum absolute atomic E-state index is 0.00782. The Morgan fingerprint density at radius 2 is 1.95 bits per heavy atom. The molecule has 0 amide bonds. The summed E-state index contributed by atoms with van der Waals surface area (Å²) in [5.41, 5.74) is 0.483. The third kappa shape index (κ3) is 3.27. The first-order valence-corrected chi connectivity index (χ1v) is 6.30. The van der Waals surface area contributed by atoms with Crippen LogP contribution in [0.15, 0.2) is 12.1 Å². The standard InChI is InChI=1S/C13H18N2O4/c1-18-12-7-10(14-6-5-9-3-4-9)11(15(16)17)8-13(12)19-2/h7-9,14H,3-6H2,1-2H3. The fourth-order valence-corrected chi connectivity index (χ4v) is 1.98. The summed E-state index contributed by atoms with van der Waals surface area (Å²) in [6.45, 7) is 0.737. The molecule has 6 nitrogen and oxygen atoms in total. The van der Waals surface area contributed by atoms with Crippen LogP contribution in [0.1, 0.15) is 19.3 Å². The van der Waals surface area contributed by atoms with Crippen molar-refractivity contribution in [2.75, 3.05) is 26.1 Å². The Kier molecular flexibility index (Phi) is 4.09. The van der Waals surface area contributed by atoms with Gasteiger partial charge in [0.2, 0.25) is 0 Å². The molecule has 0 aliphatic heterocycles. The molecule has 0 aromatic heterocycles. The number of methoxy groups -OCH3 is 2. The fraction of sp³-hybridized carbons (Fsp3) is 0.538. The van der Waals surface area contributed by atoms with Gasteiger partial charge in [-0.25, -0.2) is 0 Å². The van der Waals surface area contributed by atoms with Crippen molar-refractivity contribution < 1.29 is 14.4 Å². The zero-order chi connectivity index (χ0) is 13.8. The lowest BCUT2D eigenvalue weighted by molar-refractivity contribution is -0.384. The van der Waals surface area contributed by atoms with Gasteiger partial charge in [0.25, 0.3) is 5.69 Å². The van der Waals surface area contributed by atoms with Gasteiger partial charge < -0.3 is 14.8 Å². The van der Waals surface area contributed by atoms with Crippen LogP contribution in [0.3, 0.4) is 0 Å². The highest BCUT2D eigenvalue weighted by molar-refractivity contribution is 5.68. The smallest absolute Gasteiger partial charge is 0.296 e. The van der Waals surface area contributed by atoms with E-state index in [9.17, 15) is 10.1 Å². The predicted molar refractivity (Wildman–Crippen MR) is 72.0 cm³/mol. The van der Waals surface area contributed by atoms with Gasteiger partial charge in [-0.05, 0) is 12.3 Å². The highest BCUT2D eigenvalue weighted by Gasteiger charge is 2.22. The summed E-state index contributed by atoms with van der Waals surface area (Å²) in [7, 11) is 2.97.